The van der Waals surface area contributed by atoms with Crippen LogP contribution in [0.3, 0.4) is 0 Å². The molecule has 5 heteroatoms. The maximum atomic E-state index is 13.1. The summed E-state index contributed by atoms with van der Waals surface area (Å²) in [5.41, 5.74) is 6.91. The van der Waals surface area contributed by atoms with Gasteiger partial charge in [-0.25, -0.2) is 4.39 Å². The Balaban J connectivity index is 0.00000144. The molecule has 1 aromatic carbocycles. The van der Waals surface area contributed by atoms with Crippen LogP contribution in [-0.2, 0) is 6.54 Å². The van der Waals surface area contributed by atoms with Gasteiger partial charge >= 0.3 is 0 Å². The fourth-order valence-corrected chi connectivity index (χ4v) is 2.51. The first-order chi connectivity index (χ1) is 7.65. The van der Waals surface area contributed by atoms with Gasteiger partial charge in [-0.3, -0.25) is 4.90 Å². The van der Waals surface area contributed by atoms with Crippen molar-refractivity contribution in [3.05, 3.63) is 34.1 Å². The van der Waals surface area contributed by atoms with E-state index in [0.29, 0.717) is 0 Å². The van der Waals surface area contributed by atoms with Crippen molar-refractivity contribution in [2.24, 2.45) is 5.73 Å². The third-order valence-corrected chi connectivity index (χ3v) is 3.72. The van der Waals surface area contributed by atoms with E-state index in [4.69, 9.17) is 5.73 Å². The Hall–Kier alpha value is -0.160. The maximum Gasteiger partial charge on any atom is 0.123 e. The van der Waals surface area contributed by atoms with E-state index in [0.717, 1.165) is 42.5 Å². The van der Waals surface area contributed by atoms with Gasteiger partial charge in [0.25, 0.3) is 0 Å². The third kappa shape index (κ3) is 4.21. The van der Waals surface area contributed by atoms with Crippen LogP contribution in [-0.4, -0.2) is 24.0 Å². The molecule has 0 bridgehead atoms. The first-order valence-corrected chi connectivity index (χ1v) is 6.36. The van der Waals surface area contributed by atoms with E-state index in [1.807, 2.05) is 0 Å². The van der Waals surface area contributed by atoms with Crippen molar-refractivity contribution in [1.82, 2.24) is 4.90 Å². The summed E-state index contributed by atoms with van der Waals surface area (Å²) in [5.74, 6) is -0.181. The van der Waals surface area contributed by atoms with E-state index in [-0.39, 0.29) is 24.3 Å². The average molecular weight is 324 g/mol. The highest BCUT2D eigenvalue weighted by atomic mass is 79.9. The highest BCUT2D eigenvalue weighted by molar-refractivity contribution is 9.10. The summed E-state index contributed by atoms with van der Waals surface area (Å²) < 4.78 is 14.1. The van der Waals surface area contributed by atoms with Gasteiger partial charge in [-0.1, -0.05) is 15.9 Å². The molecule has 1 heterocycles. The second kappa shape index (κ2) is 6.69. The van der Waals surface area contributed by atoms with Crippen LogP contribution in [0.4, 0.5) is 4.39 Å². The van der Waals surface area contributed by atoms with Crippen molar-refractivity contribution in [3.8, 4) is 0 Å². The van der Waals surface area contributed by atoms with Crippen molar-refractivity contribution in [1.29, 1.82) is 0 Å². The van der Waals surface area contributed by atoms with E-state index in [9.17, 15) is 4.39 Å². The fraction of sp³-hybridized carbons (Fsp3) is 0.500. The molecule has 1 aliphatic heterocycles. The first-order valence-electron chi connectivity index (χ1n) is 5.57. The highest BCUT2D eigenvalue weighted by Crippen LogP contribution is 2.21. The fourth-order valence-electron chi connectivity index (χ4n) is 2.14. The van der Waals surface area contributed by atoms with Gasteiger partial charge in [-0.05, 0) is 43.1 Å². The predicted molar refractivity (Wildman–Crippen MR) is 73.8 cm³/mol. The molecule has 17 heavy (non-hydrogen) atoms. The van der Waals surface area contributed by atoms with Crippen molar-refractivity contribution < 1.29 is 4.39 Å². The molecule has 0 saturated carbocycles. The van der Waals surface area contributed by atoms with Gasteiger partial charge in [0.15, 0.2) is 0 Å². The van der Waals surface area contributed by atoms with Crippen LogP contribution in [0.25, 0.3) is 0 Å². The minimum absolute atomic E-state index is 0. The number of rotatable bonds is 2. The lowest BCUT2D eigenvalue weighted by Crippen LogP contribution is -2.42. The van der Waals surface area contributed by atoms with Gasteiger partial charge < -0.3 is 5.73 Å². The van der Waals surface area contributed by atoms with E-state index in [2.05, 4.69) is 20.8 Å². The molecule has 96 valence electrons. The number of hydrogen-bond acceptors (Lipinski definition) is 2. The minimum atomic E-state index is -0.181. The van der Waals surface area contributed by atoms with Gasteiger partial charge in [0.2, 0.25) is 0 Å². The molecule has 2 nitrogen and oxygen atoms in total. The van der Waals surface area contributed by atoms with Crippen LogP contribution in [0.2, 0.25) is 0 Å². The summed E-state index contributed by atoms with van der Waals surface area (Å²) in [5, 5.41) is 0. The summed E-state index contributed by atoms with van der Waals surface area (Å²) in [6, 6.07) is 5.08. The number of nitrogens with two attached hydrogens (primary N) is 1. The molecule has 1 fully saturated rings. The Morgan fingerprint density at radius 1 is 1.47 bits per heavy atom. The molecular weight excluding hydrogens is 307 g/mol. The lowest BCUT2D eigenvalue weighted by atomic mass is 10.1. The second-order valence-electron chi connectivity index (χ2n) is 4.37. The van der Waals surface area contributed by atoms with Crippen molar-refractivity contribution >= 4 is 28.3 Å². The summed E-state index contributed by atoms with van der Waals surface area (Å²) in [4.78, 5) is 2.29. The SMILES string of the molecule is Cl.N[C@@H]1CCCN(Cc2cc(F)ccc2Br)C1. The quantitative estimate of drug-likeness (QED) is 0.907. The average Bonchev–Trinajstić information content (AvgIpc) is 2.24. The van der Waals surface area contributed by atoms with Gasteiger partial charge in [0, 0.05) is 23.6 Å². The molecule has 2 N–H and O–H groups in total. The molecule has 0 aromatic heterocycles. The number of nitrogens with zero attached hydrogens (tertiary/aromatic N) is 1. The first kappa shape index (κ1) is 14.9. The second-order valence-corrected chi connectivity index (χ2v) is 5.23. The summed E-state index contributed by atoms with van der Waals surface area (Å²) >= 11 is 3.45. The summed E-state index contributed by atoms with van der Waals surface area (Å²) in [6.45, 7) is 2.73. The van der Waals surface area contributed by atoms with E-state index in [1.165, 1.54) is 6.07 Å². The minimum Gasteiger partial charge on any atom is -0.327 e. The number of piperidine rings is 1. The Kier molecular flexibility index (Phi) is 5.86. The van der Waals surface area contributed by atoms with Crippen molar-refractivity contribution in [2.45, 2.75) is 25.4 Å². The Morgan fingerprint density at radius 3 is 2.94 bits per heavy atom. The zero-order valence-electron chi connectivity index (χ0n) is 9.53. The molecule has 2 rings (SSSR count). The monoisotopic (exact) mass is 322 g/mol. The molecule has 0 spiro atoms. The zero-order chi connectivity index (χ0) is 11.5. The van der Waals surface area contributed by atoms with Crippen molar-refractivity contribution in [3.63, 3.8) is 0 Å². The molecule has 0 aliphatic carbocycles. The van der Waals surface area contributed by atoms with Crippen LogP contribution in [0, 0.1) is 5.82 Å². The van der Waals surface area contributed by atoms with Gasteiger partial charge in [-0.2, -0.15) is 0 Å². The van der Waals surface area contributed by atoms with Crippen LogP contribution >= 0.6 is 28.3 Å². The molecule has 1 aromatic rings. The van der Waals surface area contributed by atoms with E-state index in [1.54, 1.807) is 12.1 Å². The normalized spacial score (nSPS) is 21.0. The molecule has 1 saturated heterocycles. The Labute approximate surface area is 116 Å². The Bertz CT molecular complexity index is 376. The lowest BCUT2D eigenvalue weighted by molar-refractivity contribution is 0.201. The largest absolute Gasteiger partial charge is 0.327 e. The smallest absolute Gasteiger partial charge is 0.123 e. The van der Waals surface area contributed by atoms with Crippen LogP contribution in [0.1, 0.15) is 18.4 Å². The molecule has 0 radical (unpaired) electrons. The highest BCUT2D eigenvalue weighted by Gasteiger charge is 2.17. The molecular formula is C12H17BrClFN2. The van der Waals surface area contributed by atoms with E-state index < -0.39 is 0 Å². The summed E-state index contributed by atoms with van der Waals surface area (Å²) in [7, 11) is 0. The predicted octanol–water partition coefficient (Wildman–Crippen LogP) is 2.93. The van der Waals surface area contributed by atoms with E-state index >= 15 is 0 Å². The number of halogens is 3. The third-order valence-electron chi connectivity index (χ3n) is 2.94. The number of likely N-dealkylation sites (tertiary alicyclic amines) is 1. The molecule has 1 aliphatic rings. The number of benzene rings is 1. The van der Waals surface area contributed by atoms with Gasteiger partial charge in [-0.15, -0.1) is 12.4 Å². The van der Waals surface area contributed by atoms with Crippen LogP contribution in [0.15, 0.2) is 22.7 Å². The lowest BCUT2D eigenvalue weighted by Gasteiger charge is -2.30. The summed E-state index contributed by atoms with van der Waals surface area (Å²) in [6.07, 6.45) is 2.23. The maximum absolute atomic E-state index is 13.1. The van der Waals surface area contributed by atoms with Crippen LogP contribution in [0.5, 0.6) is 0 Å². The Morgan fingerprint density at radius 2 is 2.24 bits per heavy atom. The number of hydrogen-bond donors (Lipinski definition) is 1. The topological polar surface area (TPSA) is 29.3 Å². The van der Waals surface area contributed by atoms with Crippen molar-refractivity contribution in [2.75, 3.05) is 13.1 Å². The van der Waals surface area contributed by atoms with Crippen LogP contribution < -0.4 is 5.73 Å². The van der Waals surface area contributed by atoms with Gasteiger partial charge in [0.1, 0.15) is 5.82 Å². The molecule has 1 atom stereocenters. The standard InChI is InChI=1S/C12H16BrFN2.ClH/c13-12-4-3-10(14)6-9(12)7-16-5-1-2-11(15)8-16;/h3-4,6,11H,1-2,5,7-8,15H2;1H/t11-;/m1./s1. The zero-order valence-corrected chi connectivity index (χ0v) is 11.9. The molecule has 0 amide bonds. The molecule has 0 unspecified atom stereocenters. The van der Waals surface area contributed by atoms with Gasteiger partial charge in [0.05, 0.1) is 0 Å².